The van der Waals surface area contributed by atoms with E-state index in [1.54, 1.807) is 0 Å². The van der Waals surface area contributed by atoms with Gasteiger partial charge in [0.05, 0.1) is 11.0 Å². The molecule has 57 heavy (non-hydrogen) atoms. The number of hydrogen-bond acceptors (Lipinski definition) is 4. The summed E-state index contributed by atoms with van der Waals surface area (Å²) in [6, 6.07) is 68.3. The van der Waals surface area contributed by atoms with Gasteiger partial charge in [-0.15, -0.1) is 0 Å². The number of benzene rings is 8. The molecule has 0 saturated heterocycles. The summed E-state index contributed by atoms with van der Waals surface area (Å²) >= 11 is 0. The van der Waals surface area contributed by atoms with E-state index in [0.717, 1.165) is 82.2 Å². The Labute approximate surface area is 330 Å². The van der Waals surface area contributed by atoms with Gasteiger partial charge in [-0.25, -0.2) is 4.98 Å². The largest absolute Gasteiger partial charge is 0.309 e. The van der Waals surface area contributed by atoms with Crippen LogP contribution >= 0.6 is 7.14 Å². The van der Waals surface area contributed by atoms with Crippen molar-refractivity contribution in [3.05, 3.63) is 200 Å². The van der Waals surface area contributed by atoms with Crippen LogP contribution in [0.25, 0.3) is 83.9 Å². The average Bonchev–Trinajstić information content (AvgIpc) is 3.75. The average molecular weight is 749 g/mol. The van der Waals surface area contributed by atoms with Crippen LogP contribution in [0.15, 0.2) is 200 Å². The molecule has 268 valence electrons. The van der Waals surface area contributed by atoms with E-state index < -0.39 is 7.14 Å². The number of nitrogens with zero attached hydrogens (tertiary/aromatic N) is 4. The Balaban J connectivity index is 1.14. The molecule has 0 radical (unpaired) electrons. The number of fused-ring (bicyclic) bond motifs is 6. The third-order valence-corrected chi connectivity index (χ3v) is 14.2. The number of aromatic nitrogens is 4. The summed E-state index contributed by atoms with van der Waals surface area (Å²) in [6.45, 7) is 0. The highest BCUT2D eigenvalue weighted by Crippen LogP contribution is 2.53. The van der Waals surface area contributed by atoms with Crippen molar-refractivity contribution < 1.29 is 4.57 Å². The fourth-order valence-electron chi connectivity index (χ4n) is 8.32. The molecule has 5 nitrogen and oxygen atoms in total. The van der Waals surface area contributed by atoms with Crippen molar-refractivity contribution in [2.75, 3.05) is 0 Å². The molecule has 3 heterocycles. The molecule has 0 amide bonds. The third-order valence-electron chi connectivity index (χ3n) is 11.1. The highest BCUT2D eigenvalue weighted by molar-refractivity contribution is 7.86. The molecule has 1 atom stereocenters. The van der Waals surface area contributed by atoms with Crippen LogP contribution in [-0.4, -0.2) is 19.5 Å². The molecule has 11 rings (SSSR count). The van der Waals surface area contributed by atoms with Crippen LogP contribution in [0.2, 0.25) is 0 Å². The predicted octanol–water partition coefficient (Wildman–Crippen LogP) is 11.3. The van der Waals surface area contributed by atoms with Crippen molar-refractivity contribution >= 4 is 44.9 Å². The third kappa shape index (κ3) is 5.39. The monoisotopic (exact) mass is 748 g/mol. The quantitative estimate of drug-likeness (QED) is 0.159. The molecule has 1 aliphatic rings. The van der Waals surface area contributed by atoms with Crippen LogP contribution in [0.4, 0.5) is 0 Å². The lowest BCUT2D eigenvalue weighted by atomic mass is 10.0. The highest BCUT2D eigenvalue weighted by Gasteiger charge is 2.40. The standard InChI is InChI=1S/C51H33N4OP/c56-57(40-18-8-3-9-19-40)47-23-13-11-21-42(47)44-32-46-43(33-48(44)57)41-20-10-12-22-45(41)55(46)51-53-49(38-28-24-36(25-29-38)34-14-4-1-5-15-34)52-50(54-51)39-30-26-37(27-31-39)35-16-6-2-7-17-35/h1-33H. The van der Waals surface area contributed by atoms with Gasteiger partial charge in [-0.1, -0.05) is 182 Å². The summed E-state index contributed by atoms with van der Waals surface area (Å²) in [4.78, 5) is 15.6. The smallest absolute Gasteiger partial charge is 0.238 e. The summed E-state index contributed by atoms with van der Waals surface area (Å²) in [6.07, 6.45) is 0. The summed E-state index contributed by atoms with van der Waals surface area (Å²) in [5.41, 5.74) is 10.2. The summed E-state index contributed by atoms with van der Waals surface area (Å²) < 4.78 is 17.7. The molecule has 8 aromatic carbocycles. The Bertz CT molecular complexity index is 3080. The molecule has 1 aliphatic heterocycles. The van der Waals surface area contributed by atoms with Crippen LogP contribution < -0.4 is 15.9 Å². The van der Waals surface area contributed by atoms with Crippen molar-refractivity contribution in [3.63, 3.8) is 0 Å². The topological polar surface area (TPSA) is 60.7 Å². The van der Waals surface area contributed by atoms with Crippen LogP contribution in [0.1, 0.15) is 0 Å². The van der Waals surface area contributed by atoms with Crippen molar-refractivity contribution in [1.29, 1.82) is 0 Å². The zero-order valence-electron chi connectivity index (χ0n) is 30.7. The number of hydrogen-bond donors (Lipinski definition) is 0. The van der Waals surface area contributed by atoms with Gasteiger partial charge in [0.15, 0.2) is 18.8 Å². The van der Waals surface area contributed by atoms with Crippen LogP contribution in [-0.2, 0) is 4.57 Å². The summed E-state index contributed by atoms with van der Waals surface area (Å²) in [5.74, 6) is 1.67. The molecule has 0 bridgehead atoms. The fourth-order valence-corrected chi connectivity index (χ4v) is 11.4. The molecule has 0 spiro atoms. The minimum absolute atomic E-state index is 0.512. The van der Waals surface area contributed by atoms with E-state index in [1.165, 1.54) is 0 Å². The first kappa shape index (κ1) is 33.2. The summed E-state index contributed by atoms with van der Waals surface area (Å²) in [7, 11) is -3.15. The second kappa shape index (κ2) is 13.2. The molecule has 0 fully saturated rings. The first-order valence-electron chi connectivity index (χ1n) is 19.1. The van der Waals surface area contributed by atoms with Crippen molar-refractivity contribution in [3.8, 4) is 62.1 Å². The first-order chi connectivity index (χ1) is 28.1. The van der Waals surface area contributed by atoms with Gasteiger partial charge >= 0.3 is 0 Å². The van der Waals surface area contributed by atoms with Gasteiger partial charge in [0.2, 0.25) is 5.95 Å². The van der Waals surface area contributed by atoms with Crippen LogP contribution in [0.3, 0.4) is 0 Å². The molecule has 1 unspecified atom stereocenters. The molecule has 0 N–H and O–H groups in total. The first-order valence-corrected chi connectivity index (χ1v) is 20.8. The minimum atomic E-state index is -3.15. The second-order valence-corrected chi connectivity index (χ2v) is 17.1. The van der Waals surface area contributed by atoms with E-state index in [0.29, 0.717) is 17.6 Å². The van der Waals surface area contributed by atoms with Gasteiger partial charge in [-0.3, -0.25) is 4.57 Å². The van der Waals surface area contributed by atoms with Gasteiger partial charge in [0.1, 0.15) is 0 Å². The van der Waals surface area contributed by atoms with E-state index in [2.05, 4.69) is 138 Å². The maximum atomic E-state index is 15.5. The molecule has 2 aromatic heterocycles. The summed E-state index contributed by atoms with van der Waals surface area (Å²) in [5, 5.41) is 4.60. The van der Waals surface area contributed by atoms with Gasteiger partial charge in [0.25, 0.3) is 0 Å². The lowest BCUT2D eigenvalue weighted by Gasteiger charge is -2.16. The van der Waals surface area contributed by atoms with E-state index in [9.17, 15) is 0 Å². The molecule has 0 aliphatic carbocycles. The SMILES string of the molecule is O=P1(c2ccccc2)c2ccccc2-c2cc3c(cc21)c1ccccc1n3-c1nc(-c2ccc(-c3ccccc3)cc2)nc(-c2ccc(-c3ccccc3)cc2)n1. The minimum Gasteiger partial charge on any atom is -0.309 e. The van der Waals surface area contributed by atoms with Gasteiger partial charge in [-0.05, 0) is 51.6 Å². The second-order valence-electron chi connectivity index (χ2n) is 14.4. The Hall–Kier alpha value is -7.20. The zero-order chi connectivity index (χ0) is 37.9. The molecule has 0 saturated carbocycles. The van der Waals surface area contributed by atoms with Gasteiger partial charge < -0.3 is 4.57 Å². The zero-order valence-corrected chi connectivity index (χ0v) is 31.6. The Kier molecular flexibility index (Phi) is 7.70. The van der Waals surface area contributed by atoms with Gasteiger partial charge in [0, 0.05) is 37.8 Å². The molecular weight excluding hydrogens is 716 g/mol. The highest BCUT2D eigenvalue weighted by atomic mass is 31.2. The van der Waals surface area contributed by atoms with E-state index in [-0.39, 0.29) is 0 Å². The predicted molar refractivity (Wildman–Crippen MR) is 234 cm³/mol. The van der Waals surface area contributed by atoms with Crippen molar-refractivity contribution in [2.45, 2.75) is 0 Å². The normalized spacial score (nSPS) is 14.5. The lowest BCUT2D eigenvalue weighted by Crippen LogP contribution is -2.20. The number of para-hydroxylation sites is 1. The molecule has 6 heteroatoms. The van der Waals surface area contributed by atoms with E-state index in [1.807, 2.05) is 66.7 Å². The van der Waals surface area contributed by atoms with E-state index in [4.69, 9.17) is 15.0 Å². The van der Waals surface area contributed by atoms with Crippen molar-refractivity contribution in [2.24, 2.45) is 0 Å². The van der Waals surface area contributed by atoms with Crippen LogP contribution in [0, 0.1) is 0 Å². The van der Waals surface area contributed by atoms with E-state index >= 15 is 4.57 Å². The Morgan fingerprint density at radius 1 is 0.368 bits per heavy atom. The number of rotatable bonds is 6. The maximum absolute atomic E-state index is 15.5. The van der Waals surface area contributed by atoms with Crippen molar-refractivity contribution in [1.82, 2.24) is 19.5 Å². The fraction of sp³-hybridized carbons (Fsp3) is 0. The van der Waals surface area contributed by atoms with Crippen LogP contribution in [0.5, 0.6) is 0 Å². The van der Waals surface area contributed by atoms with Gasteiger partial charge in [-0.2, -0.15) is 9.97 Å². The molecule has 10 aromatic rings. The maximum Gasteiger partial charge on any atom is 0.238 e. The Morgan fingerprint density at radius 2 is 0.860 bits per heavy atom. The molecular formula is C51H33N4OP. The Morgan fingerprint density at radius 3 is 1.47 bits per heavy atom. The lowest BCUT2D eigenvalue weighted by molar-refractivity contribution is 0.593.